The molecule has 0 spiro atoms. The first-order valence-electron chi connectivity index (χ1n) is 21.4. The highest BCUT2D eigenvalue weighted by molar-refractivity contribution is 5.70. The topological polar surface area (TPSA) is 72.8 Å². The lowest BCUT2D eigenvalue weighted by atomic mass is 10.0. The second kappa shape index (κ2) is 40.8. The van der Waals surface area contributed by atoms with Crippen molar-refractivity contribution in [3.8, 4) is 0 Å². The first kappa shape index (κ1) is 47.4. The summed E-state index contributed by atoms with van der Waals surface area (Å²) in [6.45, 7) is 4.13. The maximum absolute atomic E-state index is 12.2. The molecule has 0 heterocycles. The van der Waals surface area contributed by atoms with Crippen LogP contribution in [0.1, 0.15) is 226 Å². The first-order chi connectivity index (χ1) is 24.1. The third kappa shape index (κ3) is 39.0. The zero-order chi connectivity index (χ0) is 35.7. The Morgan fingerprint density at radius 3 is 1.24 bits per heavy atom. The maximum Gasteiger partial charge on any atom is 0.306 e. The summed E-state index contributed by atoms with van der Waals surface area (Å²) in [4.78, 5) is 24.3. The molecule has 0 amide bonds. The van der Waals surface area contributed by atoms with E-state index in [0.717, 1.165) is 44.9 Å². The van der Waals surface area contributed by atoms with E-state index in [0.29, 0.717) is 12.8 Å². The summed E-state index contributed by atoms with van der Waals surface area (Å²) in [6, 6.07) is 0. The van der Waals surface area contributed by atoms with Crippen LogP contribution in [0.2, 0.25) is 0 Å². The second-order valence-electron chi connectivity index (χ2n) is 14.4. The Bertz CT molecular complexity index is 746. The van der Waals surface area contributed by atoms with Crippen molar-refractivity contribution >= 4 is 11.9 Å². The third-order valence-corrected chi connectivity index (χ3v) is 9.50. The Morgan fingerprint density at radius 2 is 0.816 bits per heavy atom. The normalized spacial score (nSPS) is 12.3. The highest BCUT2D eigenvalue weighted by atomic mass is 16.6. The molecule has 0 radical (unpaired) electrons. The van der Waals surface area contributed by atoms with Gasteiger partial charge in [0.2, 0.25) is 0 Å². The summed E-state index contributed by atoms with van der Waals surface area (Å²) in [5.41, 5.74) is 0. The van der Waals surface area contributed by atoms with Gasteiger partial charge in [-0.1, -0.05) is 192 Å². The largest absolute Gasteiger partial charge is 0.462 e. The van der Waals surface area contributed by atoms with Gasteiger partial charge in [0.15, 0.2) is 6.10 Å². The molecule has 0 aliphatic rings. The fourth-order valence-corrected chi connectivity index (χ4v) is 6.23. The van der Waals surface area contributed by atoms with Gasteiger partial charge < -0.3 is 14.6 Å². The number of carbonyl (C=O) groups is 2. The molecule has 49 heavy (non-hydrogen) atoms. The van der Waals surface area contributed by atoms with E-state index in [1.165, 1.54) is 154 Å². The smallest absolute Gasteiger partial charge is 0.306 e. The number of rotatable bonds is 39. The summed E-state index contributed by atoms with van der Waals surface area (Å²) in [5.74, 6) is -0.589. The fraction of sp³-hybridized carbons (Fsp3) is 0.864. The van der Waals surface area contributed by atoms with Crippen LogP contribution in [-0.4, -0.2) is 36.4 Å². The molecule has 0 rings (SSSR count). The average molecular weight is 691 g/mol. The Balaban J connectivity index is 3.51. The molecule has 288 valence electrons. The van der Waals surface area contributed by atoms with E-state index in [-0.39, 0.29) is 25.2 Å². The lowest BCUT2D eigenvalue weighted by Crippen LogP contribution is -2.28. The van der Waals surface area contributed by atoms with Crippen LogP contribution in [0.3, 0.4) is 0 Å². The van der Waals surface area contributed by atoms with E-state index in [1.54, 1.807) is 0 Å². The summed E-state index contributed by atoms with van der Waals surface area (Å²) in [6.07, 6.45) is 48.1. The SMILES string of the molecule is CCCCC/C=C/C/C=C/CCCCCCCCCC(=O)OC[C@H](CO)OC(=O)CCCCCCCCCCCCCCCCCCCC. The van der Waals surface area contributed by atoms with Crippen molar-refractivity contribution in [2.24, 2.45) is 0 Å². The van der Waals surface area contributed by atoms with Gasteiger partial charge in [-0.05, 0) is 44.9 Å². The minimum atomic E-state index is -0.770. The van der Waals surface area contributed by atoms with Gasteiger partial charge in [-0.2, -0.15) is 0 Å². The van der Waals surface area contributed by atoms with Crippen molar-refractivity contribution in [3.05, 3.63) is 24.3 Å². The lowest BCUT2D eigenvalue weighted by molar-refractivity contribution is -0.161. The molecule has 1 atom stereocenters. The molecular weight excluding hydrogens is 608 g/mol. The summed E-state index contributed by atoms with van der Waals surface area (Å²) >= 11 is 0. The molecule has 0 unspecified atom stereocenters. The molecule has 1 N–H and O–H groups in total. The number of aliphatic hydroxyl groups is 1. The van der Waals surface area contributed by atoms with Crippen molar-refractivity contribution in [2.75, 3.05) is 13.2 Å². The van der Waals surface area contributed by atoms with E-state index < -0.39 is 6.10 Å². The fourth-order valence-electron chi connectivity index (χ4n) is 6.23. The molecule has 0 saturated carbocycles. The van der Waals surface area contributed by atoms with Crippen molar-refractivity contribution in [2.45, 2.75) is 232 Å². The molecule has 0 aliphatic heterocycles. The van der Waals surface area contributed by atoms with E-state index in [4.69, 9.17) is 9.47 Å². The molecule has 0 aromatic rings. The number of hydrogen-bond donors (Lipinski definition) is 1. The first-order valence-corrected chi connectivity index (χ1v) is 21.4. The Kier molecular flexibility index (Phi) is 39.5. The van der Waals surface area contributed by atoms with Crippen LogP contribution in [0.4, 0.5) is 0 Å². The van der Waals surface area contributed by atoms with Gasteiger partial charge in [0.1, 0.15) is 6.61 Å². The van der Waals surface area contributed by atoms with Gasteiger partial charge in [0.05, 0.1) is 6.61 Å². The van der Waals surface area contributed by atoms with Crippen LogP contribution in [0.15, 0.2) is 24.3 Å². The van der Waals surface area contributed by atoms with Crippen molar-refractivity contribution < 1.29 is 24.2 Å². The van der Waals surface area contributed by atoms with Gasteiger partial charge >= 0.3 is 11.9 Å². The predicted molar refractivity (Wildman–Crippen MR) is 210 cm³/mol. The molecule has 5 heteroatoms. The van der Waals surface area contributed by atoms with Gasteiger partial charge in [-0.3, -0.25) is 9.59 Å². The van der Waals surface area contributed by atoms with Gasteiger partial charge in [-0.15, -0.1) is 0 Å². The number of ether oxygens (including phenoxy) is 2. The number of unbranched alkanes of at least 4 members (excludes halogenated alkanes) is 27. The molecule has 0 aliphatic carbocycles. The van der Waals surface area contributed by atoms with E-state index in [9.17, 15) is 14.7 Å². The van der Waals surface area contributed by atoms with Crippen LogP contribution in [0, 0.1) is 0 Å². The minimum absolute atomic E-state index is 0.0656. The van der Waals surface area contributed by atoms with Crippen molar-refractivity contribution in [1.82, 2.24) is 0 Å². The molecule has 0 aromatic heterocycles. The number of aliphatic hydroxyl groups excluding tert-OH is 1. The molecule has 5 nitrogen and oxygen atoms in total. The van der Waals surface area contributed by atoms with Gasteiger partial charge in [0, 0.05) is 12.8 Å². The van der Waals surface area contributed by atoms with E-state index >= 15 is 0 Å². The van der Waals surface area contributed by atoms with Gasteiger partial charge in [-0.25, -0.2) is 0 Å². The van der Waals surface area contributed by atoms with Crippen LogP contribution in [0.25, 0.3) is 0 Å². The molecule has 0 aromatic carbocycles. The third-order valence-electron chi connectivity index (χ3n) is 9.50. The standard InChI is InChI=1S/C44H82O5/c1-3-5-7-9-11-13-15-17-19-21-23-25-27-29-31-33-35-37-39-44(47)49-42(40-45)41-48-43(46)38-36-34-32-30-28-26-24-22-20-18-16-14-12-10-8-6-4-2/h12,14,18,20,42,45H,3-11,13,15-17,19,21-41H2,1-2H3/b14-12+,20-18+/t42-/m0/s1. The second-order valence-corrected chi connectivity index (χ2v) is 14.4. The Labute approximate surface area is 304 Å². The number of allylic oxidation sites excluding steroid dienone is 4. The summed E-state index contributed by atoms with van der Waals surface area (Å²) < 4.78 is 10.6. The molecule has 0 saturated heterocycles. The van der Waals surface area contributed by atoms with E-state index in [2.05, 4.69) is 38.2 Å². The van der Waals surface area contributed by atoms with Crippen LogP contribution in [0.5, 0.6) is 0 Å². The van der Waals surface area contributed by atoms with Crippen LogP contribution < -0.4 is 0 Å². The average Bonchev–Trinajstić information content (AvgIpc) is 3.10. The molecular formula is C44H82O5. The highest BCUT2D eigenvalue weighted by Crippen LogP contribution is 2.15. The lowest BCUT2D eigenvalue weighted by Gasteiger charge is -2.15. The monoisotopic (exact) mass is 691 g/mol. The predicted octanol–water partition coefficient (Wildman–Crippen LogP) is 13.5. The van der Waals surface area contributed by atoms with Gasteiger partial charge in [0.25, 0.3) is 0 Å². The van der Waals surface area contributed by atoms with Crippen LogP contribution >= 0.6 is 0 Å². The quantitative estimate of drug-likeness (QED) is 0.0395. The number of carbonyl (C=O) groups excluding carboxylic acids is 2. The van der Waals surface area contributed by atoms with Crippen molar-refractivity contribution in [3.63, 3.8) is 0 Å². The maximum atomic E-state index is 12.2. The Hall–Kier alpha value is -1.62. The number of hydrogen-bond acceptors (Lipinski definition) is 5. The minimum Gasteiger partial charge on any atom is -0.462 e. The summed E-state index contributed by atoms with van der Waals surface area (Å²) in [7, 11) is 0. The molecule has 0 bridgehead atoms. The Morgan fingerprint density at radius 1 is 0.469 bits per heavy atom. The highest BCUT2D eigenvalue weighted by Gasteiger charge is 2.16. The van der Waals surface area contributed by atoms with E-state index in [1.807, 2.05) is 0 Å². The zero-order valence-electron chi connectivity index (χ0n) is 32.7. The van der Waals surface area contributed by atoms with Crippen molar-refractivity contribution in [1.29, 1.82) is 0 Å². The zero-order valence-corrected chi connectivity index (χ0v) is 32.7. The number of esters is 2. The van der Waals surface area contributed by atoms with Crippen LogP contribution in [-0.2, 0) is 19.1 Å². The molecule has 0 fully saturated rings. The summed E-state index contributed by atoms with van der Waals surface area (Å²) in [5, 5.41) is 9.57.